The van der Waals surface area contributed by atoms with Crippen LogP contribution in [0, 0.1) is 0 Å². The van der Waals surface area contributed by atoms with Crippen molar-refractivity contribution < 1.29 is 15.0 Å². The van der Waals surface area contributed by atoms with E-state index in [1.807, 2.05) is 17.5 Å². The number of carbonyl (C=O) groups is 1. The van der Waals surface area contributed by atoms with Crippen LogP contribution < -0.4 is 10.4 Å². The van der Waals surface area contributed by atoms with Gasteiger partial charge in [0.05, 0.1) is 11.3 Å². The number of anilines is 2. The topological polar surface area (TPSA) is 85.3 Å². The lowest BCUT2D eigenvalue weighted by Gasteiger charge is -2.12. The van der Waals surface area contributed by atoms with E-state index in [0.29, 0.717) is 15.8 Å². The van der Waals surface area contributed by atoms with E-state index in [2.05, 4.69) is 10.3 Å². The first-order chi connectivity index (χ1) is 11.0. The summed E-state index contributed by atoms with van der Waals surface area (Å²) in [5.41, 5.74) is 1.97. The summed E-state index contributed by atoms with van der Waals surface area (Å²) >= 11 is 7.25. The van der Waals surface area contributed by atoms with Crippen LogP contribution >= 0.6 is 22.9 Å². The number of halogens is 1. The number of hydrogen-bond acceptors (Lipinski definition) is 5. The highest BCUT2D eigenvalue weighted by atomic mass is 35.5. The molecule has 3 rings (SSSR count). The zero-order valence-electron chi connectivity index (χ0n) is 11.6. The Balaban J connectivity index is 1.80. The number of aromatic carboxylic acids is 1. The van der Waals surface area contributed by atoms with Gasteiger partial charge in [-0.15, -0.1) is 11.3 Å². The van der Waals surface area contributed by atoms with Gasteiger partial charge in [-0.3, -0.25) is 0 Å². The fourth-order valence-corrected chi connectivity index (χ4v) is 2.85. The number of aromatic nitrogens is 1. The van der Waals surface area contributed by atoms with Gasteiger partial charge in [-0.25, -0.2) is 9.78 Å². The van der Waals surface area contributed by atoms with Crippen LogP contribution in [0.2, 0.25) is 5.02 Å². The van der Waals surface area contributed by atoms with Crippen molar-refractivity contribution in [3.8, 4) is 17.0 Å². The Labute approximate surface area is 140 Å². The Hall–Kier alpha value is -2.57. The molecular weight excluding hydrogens is 336 g/mol. The Morgan fingerprint density at radius 2 is 1.96 bits per heavy atom. The van der Waals surface area contributed by atoms with Crippen LogP contribution in [0.4, 0.5) is 10.8 Å². The molecule has 0 atom stereocenters. The Kier molecular flexibility index (Phi) is 4.18. The molecule has 0 aliphatic rings. The molecule has 3 aromatic rings. The first kappa shape index (κ1) is 15.3. The third-order valence-corrected chi connectivity index (χ3v) is 4.12. The van der Waals surface area contributed by atoms with Crippen LogP contribution in [0.5, 0.6) is 5.75 Å². The normalized spacial score (nSPS) is 10.5. The van der Waals surface area contributed by atoms with Crippen molar-refractivity contribution in [3.63, 3.8) is 0 Å². The number of carboxylic acid groups (broad SMARTS) is 1. The summed E-state index contributed by atoms with van der Waals surface area (Å²) in [6.07, 6.45) is 0. The fraction of sp³-hybridized carbons (Fsp3) is 0. The minimum Gasteiger partial charge on any atom is -0.872 e. The Morgan fingerprint density at radius 1 is 1.22 bits per heavy atom. The lowest BCUT2D eigenvalue weighted by molar-refractivity contribution is -0.268. The number of nitrogens with one attached hydrogen (secondary N) is 1. The van der Waals surface area contributed by atoms with Crippen LogP contribution in [0.3, 0.4) is 0 Å². The molecule has 7 heteroatoms. The average molecular weight is 346 g/mol. The number of carboxylic acids is 1. The summed E-state index contributed by atoms with van der Waals surface area (Å²) in [6, 6.07) is 11.4. The fourth-order valence-electron chi connectivity index (χ4n) is 1.98. The van der Waals surface area contributed by atoms with Gasteiger partial charge in [-0.2, -0.15) is 0 Å². The molecule has 0 amide bonds. The SMILES string of the molecule is O=C(O)c1ccc(Nc2nc(-c3ccc(Cl)cc3)cs2)cc1[O-]. The molecule has 116 valence electrons. The molecule has 2 N–H and O–H groups in total. The molecule has 0 fully saturated rings. The second kappa shape index (κ2) is 6.28. The van der Waals surface area contributed by atoms with E-state index in [4.69, 9.17) is 16.7 Å². The van der Waals surface area contributed by atoms with E-state index in [1.165, 1.54) is 29.5 Å². The molecule has 0 bridgehead atoms. The molecule has 1 aromatic heterocycles. The molecule has 0 saturated carbocycles. The standard InChI is InChI=1S/C16H11ClN2O3S/c17-10-3-1-9(2-4-10)13-8-23-16(19-13)18-11-5-6-12(15(21)22)14(20)7-11/h1-8,20H,(H,18,19)(H,21,22)/p-1. The molecule has 5 nitrogen and oxygen atoms in total. The third-order valence-electron chi connectivity index (χ3n) is 3.11. The molecule has 0 radical (unpaired) electrons. The Morgan fingerprint density at radius 3 is 2.61 bits per heavy atom. The van der Waals surface area contributed by atoms with Crippen LogP contribution in [-0.4, -0.2) is 16.1 Å². The van der Waals surface area contributed by atoms with Crippen molar-refractivity contribution in [1.82, 2.24) is 4.98 Å². The quantitative estimate of drug-likeness (QED) is 0.747. The van der Waals surface area contributed by atoms with Crippen LogP contribution in [0.25, 0.3) is 11.3 Å². The summed E-state index contributed by atoms with van der Waals surface area (Å²) in [6.45, 7) is 0. The molecule has 1 heterocycles. The van der Waals surface area contributed by atoms with Gasteiger partial charge in [0.2, 0.25) is 0 Å². The van der Waals surface area contributed by atoms with Crippen molar-refractivity contribution in [2.24, 2.45) is 0 Å². The van der Waals surface area contributed by atoms with Gasteiger partial charge >= 0.3 is 5.97 Å². The third kappa shape index (κ3) is 3.44. The summed E-state index contributed by atoms with van der Waals surface area (Å²) < 4.78 is 0. The van der Waals surface area contributed by atoms with Crippen molar-refractivity contribution >= 4 is 39.7 Å². The van der Waals surface area contributed by atoms with E-state index in [1.54, 1.807) is 12.1 Å². The predicted octanol–water partition coefficient (Wildman–Crippen LogP) is 3.98. The maximum absolute atomic E-state index is 11.7. The lowest BCUT2D eigenvalue weighted by atomic mass is 10.2. The largest absolute Gasteiger partial charge is 0.872 e. The van der Waals surface area contributed by atoms with E-state index in [-0.39, 0.29) is 5.56 Å². The maximum atomic E-state index is 11.7. The Bertz CT molecular complexity index is 862. The van der Waals surface area contributed by atoms with Gasteiger partial charge in [0.1, 0.15) is 0 Å². The second-order valence-electron chi connectivity index (χ2n) is 4.69. The monoisotopic (exact) mass is 345 g/mol. The van der Waals surface area contributed by atoms with Crippen LogP contribution in [0.1, 0.15) is 10.4 Å². The zero-order chi connectivity index (χ0) is 16.4. The van der Waals surface area contributed by atoms with Crippen molar-refractivity contribution in [2.75, 3.05) is 5.32 Å². The van der Waals surface area contributed by atoms with Crippen molar-refractivity contribution in [3.05, 3.63) is 58.4 Å². The number of rotatable bonds is 4. The molecule has 0 unspecified atom stereocenters. The summed E-state index contributed by atoms with van der Waals surface area (Å²) in [7, 11) is 0. The first-order valence-electron chi connectivity index (χ1n) is 6.56. The maximum Gasteiger partial charge on any atom is 0.335 e. The van der Waals surface area contributed by atoms with Crippen molar-refractivity contribution in [2.45, 2.75) is 0 Å². The minimum absolute atomic E-state index is 0.253. The average Bonchev–Trinajstić information content (AvgIpc) is 2.96. The molecule has 23 heavy (non-hydrogen) atoms. The summed E-state index contributed by atoms with van der Waals surface area (Å²) in [5, 5.41) is 26.7. The lowest BCUT2D eigenvalue weighted by Crippen LogP contribution is -2.04. The van der Waals surface area contributed by atoms with Crippen LogP contribution in [0.15, 0.2) is 47.8 Å². The molecule has 2 aromatic carbocycles. The van der Waals surface area contributed by atoms with Gasteiger partial charge in [-0.1, -0.05) is 29.5 Å². The highest BCUT2D eigenvalue weighted by Crippen LogP contribution is 2.29. The number of nitrogens with zero attached hydrogens (tertiary/aromatic N) is 1. The summed E-state index contributed by atoms with van der Waals surface area (Å²) in [4.78, 5) is 15.3. The molecule has 0 aliphatic carbocycles. The highest BCUT2D eigenvalue weighted by molar-refractivity contribution is 7.14. The molecule has 0 aliphatic heterocycles. The van der Waals surface area contributed by atoms with Gasteiger partial charge < -0.3 is 15.5 Å². The highest BCUT2D eigenvalue weighted by Gasteiger charge is 2.07. The molecular formula is C16H10ClN2O3S-. The molecule has 0 spiro atoms. The number of hydrogen-bond donors (Lipinski definition) is 2. The van der Waals surface area contributed by atoms with E-state index in [0.717, 1.165) is 11.3 Å². The van der Waals surface area contributed by atoms with E-state index in [9.17, 15) is 9.90 Å². The zero-order valence-corrected chi connectivity index (χ0v) is 13.2. The van der Waals surface area contributed by atoms with Crippen LogP contribution in [-0.2, 0) is 0 Å². The number of benzene rings is 2. The molecule has 0 saturated heterocycles. The predicted molar refractivity (Wildman–Crippen MR) is 88.7 cm³/mol. The van der Waals surface area contributed by atoms with Gasteiger partial charge in [0, 0.05) is 21.7 Å². The second-order valence-corrected chi connectivity index (χ2v) is 5.98. The smallest absolute Gasteiger partial charge is 0.335 e. The minimum atomic E-state index is -1.24. The summed E-state index contributed by atoms with van der Waals surface area (Å²) in [5.74, 6) is -1.78. The number of thiazole rings is 1. The van der Waals surface area contributed by atoms with Gasteiger partial charge in [0.25, 0.3) is 0 Å². The van der Waals surface area contributed by atoms with E-state index < -0.39 is 11.7 Å². The van der Waals surface area contributed by atoms with E-state index >= 15 is 0 Å². The van der Waals surface area contributed by atoms with Gasteiger partial charge in [-0.05, 0) is 30.3 Å². The van der Waals surface area contributed by atoms with Gasteiger partial charge in [0.15, 0.2) is 5.13 Å². The van der Waals surface area contributed by atoms with Crippen molar-refractivity contribution in [1.29, 1.82) is 0 Å². The first-order valence-corrected chi connectivity index (χ1v) is 7.81.